The zero-order chi connectivity index (χ0) is 21.8. The topological polar surface area (TPSA) is 88.1 Å². The van der Waals surface area contributed by atoms with Gasteiger partial charge in [-0.1, -0.05) is 30.3 Å². The molecule has 1 aromatic heterocycles. The molecule has 0 atom stereocenters. The number of nitrogens with zero attached hydrogens (tertiary/aromatic N) is 2. The van der Waals surface area contributed by atoms with Crippen LogP contribution in [0.15, 0.2) is 30.3 Å². The molecule has 1 aromatic carbocycles. The van der Waals surface area contributed by atoms with Crippen LogP contribution in [0.5, 0.6) is 0 Å². The molecule has 0 radical (unpaired) electrons. The molecule has 4 aliphatic carbocycles. The van der Waals surface area contributed by atoms with Crippen molar-refractivity contribution in [2.45, 2.75) is 81.1 Å². The Hall–Kier alpha value is -2.21. The number of hydrogen-bond acceptors (Lipinski definition) is 4. The van der Waals surface area contributed by atoms with Crippen LogP contribution in [0.4, 0.5) is 0 Å². The van der Waals surface area contributed by atoms with Gasteiger partial charge in [0.15, 0.2) is 5.82 Å². The number of aromatic amines is 1. The van der Waals surface area contributed by atoms with Crippen molar-refractivity contribution >= 4 is 5.97 Å². The lowest BCUT2D eigenvalue weighted by molar-refractivity contribution is -0.151. The molecule has 6 nitrogen and oxygen atoms in total. The van der Waals surface area contributed by atoms with Crippen molar-refractivity contribution in [3.05, 3.63) is 47.5 Å². The van der Waals surface area contributed by atoms with Crippen molar-refractivity contribution in [1.82, 2.24) is 15.2 Å². The summed E-state index contributed by atoms with van der Waals surface area (Å²) in [6.07, 6.45) is 10.0. The van der Waals surface area contributed by atoms with Gasteiger partial charge in [0.1, 0.15) is 11.4 Å². The summed E-state index contributed by atoms with van der Waals surface area (Å²) in [5.74, 6) is 3.73. The van der Waals surface area contributed by atoms with Gasteiger partial charge in [0.2, 0.25) is 0 Å². The van der Waals surface area contributed by atoms with Crippen LogP contribution in [0.1, 0.15) is 87.3 Å². The number of carboxylic acid groups (broad SMARTS) is 1. The van der Waals surface area contributed by atoms with E-state index in [2.05, 4.69) is 5.10 Å². The summed E-state index contributed by atoms with van der Waals surface area (Å²) in [7, 11) is 0. The molecule has 4 saturated carbocycles. The van der Waals surface area contributed by atoms with Gasteiger partial charge in [0, 0.05) is 5.92 Å². The molecule has 2 N–H and O–H groups in total. The first-order valence-electron chi connectivity index (χ1n) is 12.5. The lowest BCUT2D eigenvalue weighted by Crippen LogP contribution is -2.46. The Morgan fingerprint density at radius 3 is 2.25 bits per heavy atom. The van der Waals surface area contributed by atoms with Gasteiger partial charge in [-0.15, -0.1) is 0 Å². The maximum Gasteiger partial charge on any atom is 0.314 e. The van der Waals surface area contributed by atoms with Crippen molar-refractivity contribution in [3.63, 3.8) is 0 Å². The maximum absolute atomic E-state index is 12.5. The number of carbonyl (C=O) groups is 1. The van der Waals surface area contributed by atoms with Crippen LogP contribution in [0.2, 0.25) is 0 Å². The highest BCUT2D eigenvalue weighted by Gasteiger charge is 2.52. The molecule has 6 heteroatoms. The minimum absolute atomic E-state index is 0.516. The van der Waals surface area contributed by atoms with E-state index in [-0.39, 0.29) is 0 Å². The Bertz CT molecular complexity index is 955. The van der Waals surface area contributed by atoms with Crippen LogP contribution < -0.4 is 0 Å². The predicted molar refractivity (Wildman–Crippen MR) is 119 cm³/mol. The van der Waals surface area contributed by atoms with Crippen LogP contribution in [-0.4, -0.2) is 32.9 Å². The van der Waals surface area contributed by atoms with Crippen LogP contribution in [0.3, 0.4) is 0 Å². The first-order chi connectivity index (χ1) is 15.6. The van der Waals surface area contributed by atoms with E-state index in [0.717, 1.165) is 35.7 Å². The van der Waals surface area contributed by atoms with E-state index >= 15 is 0 Å². The summed E-state index contributed by atoms with van der Waals surface area (Å²) >= 11 is 0. The molecule has 4 fully saturated rings. The summed E-state index contributed by atoms with van der Waals surface area (Å²) in [6, 6.07) is 9.71. The van der Waals surface area contributed by atoms with Crippen molar-refractivity contribution in [3.8, 4) is 0 Å². The first kappa shape index (κ1) is 20.4. The summed E-state index contributed by atoms with van der Waals surface area (Å²) in [4.78, 5) is 17.5. The lowest BCUT2D eigenvalue weighted by atomic mass is 9.65. The van der Waals surface area contributed by atoms with Gasteiger partial charge in [-0.05, 0) is 87.5 Å². The third kappa shape index (κ3) is 3.66. The quantitative estimate of drug-likeness (QED) is 0.583. The summed E-state index contributed by atoms with van der Waals surface area (Å²) in [5, 5.41) is 18.2. The van der Waals surface area contributed by atoms with Crippen LogP contribution >= 0.6 is 0 Å². The molecule has 0 unspecified atom stereocenters. The number of nitrogens with one attached hydrogen (secondary N) is 1. The van der Waals surface area contributed by atoms with Crippen molar-refractivity contribution in [1.29, 1.82) is 0 Å². The average Bonchev–Trinajstić information content (AvgIpc) is 3.67. The Kier molecular flexibility index (Phi) is 4.90. The number of aromatic nitrogens is 3. The third-order valence-corrected chi connectivity index (χ3v) is 8.42. The number of benzene rings is 1. The molecule has 0 saturated heterocycles. The third-order valence-electron chi connectivity index (χ3n) is 8.42. The van der Waals surface area contributed by atoms with Crippen LogP contribution in [-0.2, 0) is 20.5 Å². The molecule has 1 heterocycles. The Morgan fingerprint density at radius 1 is 1.03 bits per heavy atom. The van der Waals surface area contributed by atoms with E-state index in [0.29, 0.717) is 37.5 Å². The number of ether oxygens (including phenoxy) is 1. The van der Waals surface area contributed by atoms with Crippen molar-refractivity contribution in [2.75, 3.05) is 6.61 Å². The maximum atomic E-state index is 12.5. The normalized spacial score (nSPS) is 30.5. The summed E-state index contributed by atoms with van der Waals surface area (Å²) < 4.78 is 6.60. The van der Waals surface area contributed by atoms with Gasteiger partial charge >= 0.3 is 5.97 Å². The molecule has 6 rings (SSSR count). The fourth-order valence-electron chi connectivity index (χ4n) is 5.83. The average molecular weight is 436 g/mol. The molecule has 2 aromatic rings. The number of H-pyrrole nitrogens is 1. The van der Waals surface area contributed by atoms with Crippen molar-refractivity contribution < 1.29 is 14.6 Å². The Morgan fingerprint density at radius 2 is 1.69 bits per heavy atom. The van der Waals surface area contributed by atoms with Gasteiger partial charge in [0.25, 0.3) is 0 Å². The number of rotatable bonds is 9. The predicted octanol–water partition coefficient (Wildman–Crippen LogP) is 4.93. The Labute approximate surface area is 189 Å². The second-order valence-corrected chi connectivity index (χ2v) is 10.7. The largest absolute Gasteiger partial charge is 0.481 e. The highest BCUT2D eigenvalue weighted by Crippen LogP contribution is 2.54. The second-order valence-electron chi connectivity index (χ2n) is 10.7. The zero-order valence-electron chi connectivity index (χ0n) is 18.6. The molecule has 32 heavy (non-hydrogen) atoms. The number of hydrogen-bond donors (Lipinski definition) is 2. The van der Waals surface area contributed by atoms with Gasteiger partial charge < -0.3 is 9.84 Å². The van der Waals surface area contributed by atoms with Gasteiger partial charge in [-0.2, -0.15) is 5.10 Å². The molecule has 0 spiro atoms. The number of aliphatic carboxylic acids is 1. The minimum atomic E-state index is -0.864. The van der Waals surface area contributed by atoms with Crippen molar-refractivity contribution in [2.24, 2.45) is 17.8 Å². The van der Waals surface area contributed by atoms with E-state index in [1.54, 1.807) is 0 Å². The summed E-state index contributed by atoms with van der Waals surface area (Å²) in [5.41, 5.74) is -0.554. The molecule has 170 valence electrons. The summed E-state index contributed by atoms with van der Waals surface area (Å²) in [6.45, 7) is 0.726. The number of carboxylic acids is 1. The van der Waals surface area contributed by atoms with E-state index in [1.807, 2.05) is 30.3 Å². The monoisotopic (exact) mass is 435 g/mol. The van der Waals surface area contributed by atoms with Gasteiger partial charge in [-0.3, -0.25) is 9.89 Å². The minimum Gasteiger partial charge on any atom is -0.481 e. The highest BCUT2D eigenvalue weighted by molar-refractivity contribution is 5.81. The van der Waals surface area contributed by atoms with E-state index < -0.39 is 17.0 Å². The molecule has 0 amide bonds. The standard InChI is InChI=1S/C26H33N3O3/c30-24(31)25(20-4-2-1-3-5-20)12-14-26(15-13-25,32-16-17-6-7-17)23-27-22(28-29-23)21(18-8-9-18)19-10-11-19/h1-5,17-19,21H,6-16H2,(H,30,31)(H,27,28,29)/t25-,26-. The molecule has 0 aliphatic heterocycles. The second kappa shape index (κ2) is 7.68. The smallest absolute Gasteiger partial charge is 0.314 e. The van der Waals surface area contributed by atoms with E-state index in [1.165, 1.54) is 38.5 Å². The fraction of sp³-hybridized carbons (Fsp3) is 0.654. The van der Waals surface area contributed by atoms with Gasteiger partial charge in [0.05, 0.1) is 12.0 Å². The lowest BCUT2D eigenvalue weighted by Gasteiger charge is -2.43. The molecule has 0 bridgehead atoms. The molecular weight excluding hydrogens is 402 g/mol. The highest BCUT2D eigenvalue weighted by atomic mass is 16.5. The van der Waals surface area contributed by atoms with Gasteiger partial charge in [-0.25, -0.2) is 4.98 Å². The fourth-order valence-corrected chi connectivity index (χ4v) is 5.83. The zero-order valence-corrected chi connectivity index (χ0v) is 18.6. The molecule has 4 aliphatic rings. The van der Waals surface area contributed by atoms with Crippen LogP contribution in [0, 0.1) is 17.8 Å². The van der Waals surface area contributed by atoms with E-state index in [4.69, 9.17) is 14.8 Å². The SMILES string of the molecule is O=C(O)[C@]1(c2ccccc2)CC[C@](OCC2CC2)(c2n[nH]c(C(C3CC3)C3CC3)n2)CC1. The first-order valence-corrected chi connectivity index (χ1v) is 12.5. The van der Waals surface area contributed by atoms with Crippen LogP contribution in [0.25, 0.3) is 0 Å². The molecular formula is C26H33N3O3. The Balaban J connectivity index is 1.28. The van der Waals surface area contributed by atoms with E-state index in [9.17, 15) is 9.90 Å².